The number of aromatic nitrogens is 2. The number of amides is 1. The number of carbonyl (C=O) groups excluding carboxylic acids is 1. The Morgan fingerprint density at radius 3 is 2.72 bits per heavy atom. The van der Waals surface area contributed by atoms with E-state index in [1.54, 1.807) is 16.8 Å². The molecule has 3 aliphatic rings. The second-order valence-corrected chi connectivity index (χ2v) is 9.59. The van der Waals surface area contributed by atoms with Gasteiger partial charge in [0, 0.05) is 43.3 Å². The molecule has 0 bridgehead atoms. The first-order valence-electron chi connectivity index (χ1n) is 10.7. The molecule has 1 aliphatic carbocycles. The van der Waals surface area contributed by atoms with Crippen molar-refractivity contribution in [1.82, 2.24) is 14.7 Å². The Labute approximate surface area is 171 Å². The molecule has 1 amide bonds. The quantitative estimate of drug-likeness (QED) is 0.789. The molecule has 29 heavy (non-hydrogen) atoms. The van der Waals surface area contributed by atoms with Gasteiger partial charge in [0.15, 0.2) is 0 Å². The Balaban J connectivity index is 1.36. The lowest BCUT2D eigenvalue weighted by atomic mass is 9.89. The zero-order valence-corrected chi connectivity index (χ0v) is 17.4. The van der Waals surface area contributed by atoms with Crippen LogP contribution in [0.25, 0.3) is 0 Å². The highest BCUT2D eigenvalue weighted by Gasteiger charge is 2.49. The normalized spacial score (nSPS) is 25.9. The lowest BCUT2D eigenvalue weighted by Gasteiger charge is -2.41. The van der Waals surface area contributed by atoms with Gasteiger partial charge in [-0.25, -0.2) is 4.39 Å². The fourth-order valence-corrected chi connectivity index (χ4v) is 5.53. The SMILES string of the molecule is Cn1nc(C2CC2)cc1C(=O)N1CC[C@H]2[C@@H](C1)CC(C)(C)N2c1cccc(F)c1. The topological polar surface area (TPSA) is 41.4 Å². The van der Waals surface area contributed by atoms with Gasteiger partial charge in [0.1, 0.15) is 11.5 Å². The van der Waals surface area contributed by atoms with E-state index in [1.807, 2.05) is 24.1 Å². The Kier molecular flexibility index (Phi) is 4.23. The Bertz CT molecular complexity index is 948. The van der Waals surface area contributed by atoms with Crippen LogP contribution in [-0.2, 0) is 7.05 Å². The molecule has 2 aliphatic heterocycles. The van der Waals surface area contributed by atoms with Crippen LogP contribution < -0.4 is 4.90 Å². The van der Waals surface area contributed by atoms with Crippen LogP contribution in [-0.4, -0.2) is 45.3 Å². The third-order valence-electron chi connectivity index (χ3n) is 6.93. The van der Waals surface area contributed by atoms with Crippen LogP contribution in [0, 0.1) is 11.7 Å². The molecule has 2 atom stereocenters. The first kappa shape index (κ1) is 18.6. The number of carbonyl (C=O) groups is 1. The van der Waals surface area contributed by atoms with Gasteiger partial charge in [0.05, 0.1) is 5.69 Å². The van der Waals surface area contributed by atoms with Crippen molar-refractivity contribution in [3.8, 4) is 0 Å². The number of aryl methyl sites for hydroxylation is 1. The summed E-state index contributed by atoms with van der Waals surface area (Å²) in [4.78, 5) is 17.6. The molecule has 3 fully saturated rings. The highest BCUT2D eigenvalue weighted by molar-refractivity contribution is 5.93. The van der Waals surface area contributed by atoms with Gasteiger partial charge in [-0.1, -0.05) is 6.07 Å². The number of hydrogen-bond donors (Lipinski definition) is 0. The van der Waals surface area contributed by atoms with E-state index in [2.05, 4.69) is 23.8 Å². The third-order valence-corrected chi connectivity index (χ3v) is 6.93. The number of rotatable bonds is 3. The zero-order chi connectivity index (χ0) is 20.3. The van der Waals surface area contributed by atoms with E-state index >= 15 is 0 Å². The van der Waals surface area contributed by atoms with Crippen LogP contribution >= 0.6 is 0 Å². The molecule has 0 radical (unpaired) electrons. The number of hydrogen-bond acceptors (Lipinski definition) is 3. The molecule has 6 heteroatoms. The smallest absolute Gasteiger partial charge is 0.272 e. The monoisotopic (exact) mass is 396 g/mol. The van der Waals surface area contributed by atoms with Crippen molar-refractivity contribution >= 4 is 11.6 Å². The summed E-state index contributed by atoms with van der Waals surface area (Å²) >= 11 is 0. The first-order chi connectivity index (χ1) is 13.8. The highest BCUT2D eigenvalue weighted by Crippen LogP contribution is 2.45. The van der Waals surface area contributed by atoms with Gasteiger partial charge in [0.2, 0.25) is 0 Å². The lowest BCUT2D eigenvalue weighted by Crippen LogP contribution is -2.50. The fraction of sp³-hybridized carbons (Fsp3) is 0.565. The zero-order valence-electron chi connectivity index (χ0n) is 17.4. The Morgan fingerprint density at radius 1 is 1.21 bits per heavy atom. The molecule has 1 aromatic carbocycles. The summed E-state index contributed by atoms with van der Waals surface area (Å²) in [6.45, 7) is 5.94. The minimum atomic E-state index is -0.197. The molecule has 0 spiro atoms. The third kappa shape index (κ3) is 3.22. The van der Waals surface area contributed by atoms with Crippen molar-refractivity contribution in [3.05, 3.63) is 47.5 Å². The van der Waals surface area contributed by atoms with Gasteiger partial charge in [-0.15, -0.1) is 0 Å². The predicted octanol–water partition coefficient (Wildman–Crippen LogP) is 3.96. The van der Waals surface area contributed by atoms with Gasteiger partial charge in [-0.3, -0.25) is 9.48 Å². The molecule has 1 saturated carbocycles. The molecule has 5 nitrogen and oxygen atoms in total. The number of halogens is 1. The summed E-state index contributed by atoms with van der Waals surface area (Å²) in [5, 5.41) is 4.56. The summed E-state index contributed by atoms with van der Waals surface area (Å²) in [6, 6.07) is 9.24. The van der Waals surface area contributed by atoms with Gasteiger partial charge in [-0.2, -0.15) is 5.10 Å². The van der Waals surface area contributed by atoms with Crippen molar-refractivity contribution < 1.29 is 9.18 Å². The van der Waals surface area contributed by atoms with Crippen LogP contribution in [0.1, 0.15) is 61.6 Å². The van der Waals surface area contributed by atoms with Crippen LogP contribution in [0.2, 0.25) is 0 Å². The fourth-order valence-electron chi connectivity index (χ4n) is 5.53. The van der Waals surface area contributed by atoms with Crippen LogP contribution in [0.4, 0.5) is 10.1 Å². The van der Waals surface area contributed by atoms with E-state index < -0.39 is 0 Å². The van der Waals surface area contributed by atoms with E-state index in [0.717, 1.165) is 37.3 Å². The van der Waals surface area contributed by atoms with E-state index in [0.29, 0.717) is 23.6 Å². The minimum absolute atomic E-state index is 0.0617. The number of piperidine rings is 1. The maximum absolute atomic E-state index is 13.9. The maximum Gasteiger partial charge on any atom is 0.272 e. The van der Waals surface area contributed by atoms with Crippen molar-refractivity contribution in [3.63, 3.8) is 0 Å². The van der Waals surface area contributed by atoms with E-state index in [1.165, 1.54) is 18.9 Å². The molecular formula is C23H29FN4O. The lowest BCUT2D eigenvalue weighted by molar-refractivity contribution is 0.0656. The average Bonchev–Trinajstić information content (AvgIpc) is 3.38. The number of anilines is 1. The summed E-state index contributed by atoms with van der Waals surface area (Å²) in [7, 11) is 1.87. The van der Waals surface area contributed by atoms with E-state index in [9.17, 15) is 9.18 Å². The molecule has 0 N–H and O–H groups in total. The Morgan fingerprint density at radius 2 is 2.00 bits per heavy atom. The second kappa shape index (κ2) is 6.57. The van der Waals surface area contributed by atoms with Crippen molar-refractivity contribution in [1.29, 1.82) is 0 Å². The number of likely N-dealkylation sites (tertiary alicyclic amines) is 1. The summed E-state index contributed by atoms with van der Waals surface area (Å²) in [5.41, 5.74) is 2.64. The minimum Gasteiger partial charge on any atom is -0.363 e. The van der Waals surface area contributed by atoms with Crippen LogP contribution in [0.15, 0.2) is 30.3 Å². The number of nitrogens with zero attached hydrogens (tertiary/aromatic N) is 4. The standard InChI is InChI=1S/C23H29FN4O/c1-23(2)13-16-14-27(22(29)21-12-19(15-7-8-15)25-26(21)3)10-9-20(16)28(23)18-6-4-5-17(24)11-18/h4-6,11-12,15-16,20H,7-10,13-14H2,1-3H3/t16-,20+/m1/s1. The molecule has 5 rings (SSSR count). The molecule has 2 aromatic rings. The van der Waals surface area contributed by atoms with Crippen LogP contribution in [0.3, 0.4) is 0 Å². The summed E-state index contributed by atoms with van der Waals surface area (Å²) < 4.78 is 15.6. The van der Waals surface area contributed by atoms with Gasteiger partial charge < -0.3 is 9.80 Å². The number of fused-ring (bicyclic) bond motifs is 1. The molecular weight excluding hydrogens is 367 g/mol. The predicted molar refractivity (Wildman–Crippen MR) is 111 cm³/mol. The van der Waals surface area contributed by atoms with E-state index in [-0.39, 0.29) is 17.3 Å². The van der Waals surface area contributed by atoms with Gasteiger partial charge >= 0.3 is 0 Å². The van der Waals surface area contributed by atoms with Crippen molar-refractivity contribution in [2.45, 2.75) is 57.0 Å². The number of benzene rings is 1. The van der Waals surface area contributed by atoms with Gasteiger partial charge in [0.25, 0.3) is 5.91 Å². The Hall–Kier alpha value is -2.37. The highest BCUT2D eigenvalue weighted by atomic mass is 19.1. The van der Waals surface area contributed by atoms with Gasteiger partial charge in [-0.05, 0) is 69.7 Å². The summed E-state index contributed by atoms with van der Waals surface area (Å²) in [5.74, 6) is 0.829. The first-order valence-corrected chi connectivity index (χ1v) is 10.7. The molecule has 2 saturated heterocycles. The van der Waals surface area contributed by atoms with Crippen molar-refractivity contribution in [2.24, 2.45) is 13.0 Å². The van der Waals surface area contributed by atoms with Crippen molar-refractivity contribution in [2.75, 3.05) is 18.0 Å². The second-order valence-electron chi connectivity index (χ2n) is 9.59. The molecule has 3 heterocycles. The average molecular weight is 397 g/mol. The summed E-state index contributed by atoms with van der Waals surface area (Å²) in [6.07, 6.45) is 4.27. The van der Waals surface area contributed by atoms with Crippen LogP contribution in [0.5, 0.6) is 0 Å². The maximum atomic E-state index is 13.9. The molecule has 1 aromatic heterocycles. The molecule has 154 valence electrons. The molecule has 0 unspecified atom stereocenters. The largest absolute Gasteiger partial charge is 0.363 e. The van der Waals surface area contributed by atoms with E-state index in [4.69, 9.17) is 0 Å².